The smallest absolute Gasteiger partial charge is 0.418 e. The molecule has 0 N–H and O–H groups in total. The van der Waals surface area contributed by atoms with Gasteiger partial charge in [0.25, 0.3) is 0 Å². The number of unbranched alkanes of at least 4 members (excludes halogenated alkanes) is 1. The second-order valence-electron chi connectivity index (χ2n) is 9.32. The molecule has 4 aromatic carbocycles. The van der Waals surface area contributed by atoms with Gasteiger partial charge in [0.2, 0.25) is 0 Å². The molecule has 1 saturated carbocycles. The molecule has 7 radical (unpaired) electrons. The van der Waals surface area contributed by atoms with Crippen LogP contribution < -0.4 is 21.2 Å². The predicted octanol–water partition coefficient (Wildman–Crippen LogP) is 8.95. The SMILES string of the molecule is F[B-](F)(F)F.[CH]1[CH][CH][CH]C[CH][CH]1.[Rh+2].c1ccc(P(CCCCP(c2ccccc2)c2ccccc2)c2ccccc2)cc1. The second kappa shape index (κ2) is 21.8. The maximum Gasteiger partial charge on any atom is 2.00 e. The van der Waals surface area contributed by atoms with Crippen LogP contribution in [0.25, 0.3) is 0 Å². The van der Waals surface area contributed by atoms with Gasteiger partial charge in [-0.1, -0.05) is 121 Å². The summed E-state index contributed by atoms with van der Waals surface area (Å²) in [6, 6.07) is 44.3. The van der Waals surface area contributed by atoms with Crippen LogP contribution in [0.4, 0.5) is 17.3 Å². The molecule has 0 atom stereocenters. The number of halogens is 4. The summed E-state index contributed by atoms with van der Waals surface area (Å²) in [7, 11) is -6.57. The monoisotopic (exact) mass is 708 g/mol. The van der Waals surface area contributed by atoms with Crippen molar-refractivity contribution in [2.24, 2.45) is 0 Å². The molecule has 0 unspecified atom stereocenters. The molecule has 4 aromatic rings. The first-order valence-electron chi connectivity index (χ1n) is 14.0. The summed E-state index contributed by atoms with van der Waals surface area (Å²) in [4.78, 5) is 0. The molecule has 43 heavy (non-hydrogen) atoms. The van der Waals surface area contributed by atoms with Crippen LogP contribution in [0.5, 0.6) is 0 Å². The van der Waals surface area contributed by atoms with Crippen LogP contribution >= 0.6 is 15.8 Å². The molecule has 0 saturated heterocycles. The van der Waals surface area contributed by atoms with Crippen molar-refractivity contribution in [2.45, 2.75) is 19.3 Å². The van der Waals surface area contributed by atoms with E-state index in [-0.39, 0.29) is 35.3 Å². The van der Waals surface area contributed by atoms with Gasteiger partial charge in [0.1, 0.15) is 0 Å². The van der Waals surface area contributed by atoms with Crippen molar-refractivity contribution in [3.63, 3.8) is 0 Å². The predicted molar refractivity (Wildman–Crippen MR) is 178 cm³/mol. The molecule has 0 aliphatic heterocycles. The Morgan fingerprint density at radius 2 is 0.698 bits per heavy atom. The second-order valence-corrected chi connectivity index (χ2v) is 14.0. The molecule has 0 nitrogen and oxygen atoms in total. The van der Waals surface area contributed by atoms with Gasteiger partial charge in [-0.05, 0) is 107 Å². The normalized spacial score (nSPS) is 13.1. The first-order valence-corrected chi connectivity index (χ1v) is 17.1. The van der Waals surface area contributed by atoms with Crippen LogP contribution in [0.3, 0.4) is 0 Å². The molecule has 5 rings (SSSR count). The molecule has 1 fully saturated rings. The first-order chi connectivity index (χ1) is 20.4. The van der Waals surface area contributed by atoms with Crippen molar-refractivity contribution >= 4 is 44.3 Å². The van der Waals surface area contributed by atoms with E-state index in [0.29, 0.717) is 0 Å². The molecular weight excluding hydrogens is 672 g/mol. The Bertz CT molecular complexity index is 1030. The van der Waals surface area contributed by atoms with E-state index in [9.17, 15) is 17.3 Å². The fourth-order valence-electron chi connectivity index (χ4n) is 4.31. The zero-order valence-corrected chi connectivity index (χ0v) is 27.3. The molecule has 0 aromatic heterocycles. The van der Waals surface area contributed by atoms with Gasteiger partial charge >= 0.3 is 26.7 Å². The Labute approximate surface area is 271 Å². The average molecular weight is 708 g/mol. The molecule has 1 aliphatic carbocycles. The van der Waals surface area contributed by atoms with E-state index < -0.39 is 7.25 Å². The first kappa shape index (κ1) is 37.3. The number of benzene rings is 4. The van der Waals surface area contributed by atoms with E-state index in [2.05, 4.69) is 147 Å². The molecule has 0 heterocycles. The van der Waals surface area contributed by atoms with Crippen molar-refractivity contribution < 1.29 is 36.7 Å². The molecule has 1 aliphatic rings. The molecule has 225 valence electrons. The Kier molecular flexibility index (Phi) is 18.9. The van der Waals surface area contributed by atoms with Gasteiger partial charge in [-0.2, -0.15) is 0 Å². The largest absolute Gasteiger partial charge is 2.00 e. The molecule has 0 spiro atoms. The van der Waals surface area contributed by atoms with E-state index in [0.717, 1.165) is 6.42 Å². The van der Waals surface area contributed by atoms with Crippen LogP contribution in [0.2, 0.25) is 0 Å². The van der Waals surface area contributed by atoms with Gasteiger partial charge in [-0.15, -0.1) is 0 Å². The number of hydrogen-bond acceptors (Lipinski definition) is 0. The molecule has 0 amide bonds. The fourth-order valence-corrected chi connectivity index (χ4v) is 9.14. The summed E-state index contributed by atoms with van der Waals surface area (Å²) >= 11 is 0. The zero-order chi connectivity index (χ0) is 29.9. The quantitative estimate of drug-likeness (QED) is 0.0536. The molecule has 8 heteroatoms. The third-order valence-electron chi connectivity index (χ3n) is 6.16. The zero-order valence-electron chi connectivity index (χ0n) is 23.9. The summed E-state index contributed by atoms with van der Waals surface area (Å²) in [5, 5.41) is 5.97. The van der Waals surface area contributed by atoms with Crippen LogP contribution in [0.1, 0.15) is 19.3 Å². The van der Waals surface area contributed by atoms with Gasteiger partial charge < -0.3 is 17.3 Å². The Balaban J connectivity index is 0.000000416. The minimum atomic E-state index is -6.00. The van der Waals surface area contributed by atoms with Crippen molar-refractivity contribution in [1.82, 2.24) is 0 Å². The Hall–Kier alpha value is -1.85. The minimum Gasteiger partial charge on any atom is -0.418 e. The van der Waals surface area contributed by atoms with Crippen LogP contribution in [-0.4, -0.2) is 19.6 Å². The van der Waals surface area contributed by atoms with Crippen molar-refractivity contribution in [3.8, 4) is 0 Å². The van der Waals surface area contributed by atoms with E-state index in [1.807, 2.05) is 12.8 Å². The van der Waals surface area contributed by atoms with Gasteiger partial charge in [0.15, 0.2) is 0 Å². The van der Waals surface area contributed by atoms with E-state index in [1.165, 1.54) is 46.4 Å². The van der Waals surface area contributed by atoms with Crippen LogP contribution in [0.15, 0.2) is 121 Å². The minimum absolute atomic E-state index is 0. The van der Waals surface area contributed by atoms with E-state index >= 15 is 0 Å². The van der Waals surface area contributed by atoms with E-state index in [1.54, 1.807) is 0 Å². The van der Waals surface area contributed by atoms with Crippen LogP contribution in [-0.2, 0) is 19.5 Å². The van der Waals surface area contributed by atoms with Crippen molar-refractivity contribution in [2.75, 3.05) is 12.3 Å². The topological polar surface area (TPSA) is 0 Å². The Morgan fingerprint density at radius 3 is 0.953 bits per heavy atom. The summed E-state index contributed by atoms with van der Waals surface area (Å²) in [6.07, 6.45) is 18.6. The fraction of sp³-hybridized carbons (Fsp3) is 0.143. The molecule has 0 bridgehead atoms. The van der Waals surface area contributed by atoms with Gasteiger partial charge in [0.05, 0.1) is 0 Å². The van der Waals surface area contributed by atoms with Gasteiger partial charge in [0, 0.05) is 0 Å². The summed E-state index contributed by atoms with van der Waals surface area (Å²) in [6.45, 7) is 0. The molecular formula is C35H36BF4P2Rh+. The van der Waals surface area contributed by atoms with Crippen LogP contribution in [0, 0.1) is 38.5 Å². The number of hydrogen-bond donors (Lipinski definition) is 0. The average Bonchev–Trinajstić information content (AvgIpc) is 3.34. The van der Waals surface area contributed by atoms with Crippen molar-refractivity contribution in [1.29, 1.82) is 0 Å². The van der Waals surface area contributed by atoms with Gasteiger partial charge in [-0.3, -0.25) is 0 Å². The van der Waals surface area contributed by atoms with Gasteiger partial charge in [-0.25, -0.2) is 0 Å². The maximum absolute atomic E-state index is 9.75. The van der Waals surface area contributed by atoms with E-state index in [4.69, 9.17) is 0 Å². The third kappa shape index (κ3) is 16.1. The maximum atomic E-state index is 9.75. The third-order valence-corrected chi connectivity index (χ3v) is 11.4. The summed E-state index contributed by atoms with van der Waals surface area (Å²) in [5.74, 6) is 0. The number of rotatable bonds is 9. The van der Waals surface area contributed by atoms with Crippen molar-refractivity contribution in [3.05, 3.63) is 160 Å². The summed E-state index contributed by atoms with van der Waals surface area (Å²) < 4.78 is 39.0. The standard InChI is InChI=1S/C28H28P2.C7H8.BF4.Rh/c1-5-15-25(16-6-1)29(26-17-7-2-8-18-26)23-13-14-24-30(27-19-9-3-10-20-27)28-21-11-4-12-22-28;1-2-4-6-7-5-3-1;2-1(3,4)5;/h1-12,15-22H,13-14,23-24H2;1-6H,7H2;;/q;;-1;+2. The summed E-state index contributed by atoms with van der Waals surface area (Å²) in [5.41, 5.74) is 0. The Morgan fingerprint density at radius 1 is 0.442 bits per heavy atom.